The van der Waals surface area contributed by atoms with Crippen molar-refractivity contribution in [1.29, 1.82) is 0 Å². The predicted molar refractivity (Wildman–Crippen MR) is 111 cm³/mol. The lowest BCUT2D eigenvalue weighted by atomic mass is 10.2. The van der Waals surface area contributed by atoms with E-state index in [-0.39, 0.29) is 17.3 Å². The van der Waals surface area contributed by atoms with Crippen LogP contribution in [0.2, 0.25) is 0 Å². The molecule has 1 amide bonds. The van der Waals surface area contributed by atoms with E-state index in [0.717, 1.165) is 29.9 Å². The number of benzene rings is 2. The van der Waals surface area contributed by atoms with Crippen LogP contribution < -0.4 is 5.32 Å². The molecular formula is C20H19N5O3S. The summed E-state index contributed by atoms with van der Waals surface area (Å²) in [5.41, 5.74) is 2.09. The summed E-state index contributed by atoms with van der Waals surface area (Å²) in [6.07, 6.45) is 2.20. The van der Waals surface area contributed by atoms with Crippen molar-refractivity contribution in [2.24, 2.45) is 0 Å². The molecule has 2 aromatic carbocycles. The molecule has 0 radical (unpaired) electrons. The third-order valence-corrected chi connectivity index (χ3v) is 5.43. The van der Waals surface area contributed by atoms with Crippen molar-refractivity contribution in [3.05, 3.63) is 70.0 Å². The van der Waals surface area contributed by atoms with Crippen LogP contribution in [0.4, 0.5) is 11.4 Å². The fraction of sp³-hybridized carbons (Fsp3) is 0.250. The van der Waals surface area contributed by atoms with Gasteiger partial charge in [-0.25, -0.2) is 9.67 Å². The number of amides is 1. The first-order valence-electron chi connectivity index (χ1n) is 9.21. The van der Waals surface area contributed by atoms with Crippen LogP contribution in [-0.2, 0) is 4.79 Å². The van der Waals surface area contributed by atoms with Gasteiger partial charge in [-0.2, -0.15) is 0 Å². The number of carbonyl (C=O) groups is 1. The number of thioether (sulfide) groups is 1. The number of para-hydroxylation sites is 1. The van der Waals surface area contributed by atoms with Crippen molar-refractivity contribution in [2.45, 2.75) is 30.8 Å². The first kappa shape index (κ1) is 19.1. The first-order chi connectivity index (χ1) is 14.0. The monoisotopic (exact) mass is 409 g/mol. The van der Waals surface area contributed by atoms with Crippen molar-refractivity contribution >= 4 is 29.0 Å². The molecule has 0 saturated heterocycles. The number of nitrogens with zero attached hydrogens (tertiary/aromatic N) is 4. The van der Waals surface area contributed by atoms with Crippen molar-refractivity contribution in [3.63, 3.8) is 0 Å². The highest BCUT2D eigenvalue weighted by molar-refractivity contribution is 7.99. The zero-order valence-electron chi connectivity index (χ0n) is 15.7. The molecule has 8 nitrogen and oxygen atoms in total. The van der Waals surface area contributed by atoms with Gasteiger partial charge < -0.3 is 5.32 Å². The van der Waals surface area contributed by atoms with E-state index in [1.165, 1.54) is 23.9 Å². The number of anilines is 1. The number of aromatic nitrogens is 3. The molecule has 3 aromatic rings. The molecule has 0 spiro atoms. The van der Waals surface area contributed by atoms with E-state index >= 15 is 0 Å². The van der Waals surface area contributed by atoms with Gasteiger partial charge in [0.25, 0.3) is 5.69 Å². The summed E-state index contributed by atoms with van der Waals surface area (Å²) in [6.45, 7) is 1.79. The van der Waals surface area contributed by atoms with Crippen molar-refractivity contribution in [1.82, 2.24) is 14.8 Å². The number of aryl methyl sites for hydroxylation is 1. The Bertz CT molecular complexity index is 1060. The molecule has 9 heteroatoms. The van der Waals surface area contributed by atoms with Crippen LogP contribution in [0, 0.1) is 17.0 Å². The minimum Gasteiger partial charge on any atom is -0.325 e. The standard InChI is InChI=1S/C20H19N5O3S/c1-13-7-10-16(25(27)28)11-17(13)21-18(26)12-29-20-22-19(14-8-9-14)24(23-20)15-5-3-2-4-6-15/h2-7,10-11,14H,8-9,12H2,1H3,(H,21,26). The van der Waals surface area contributed by atoms with E-state index in [1.54, 1.807) is 13.0 Å². The number of hydrogen-bond donors (Lipinski definition) is 1. The van der Waals surface area contributed by atoms with Crippen LogP contribution >= 0.6 is 11.8 Å². The maximum absolute atomic E-state index is 12.4. The van der Waals surface area contributed by atoms with E-state index < -0.39 is 4.92 Å². The molecule has 1 aliphatic carbocycles. The lowest BCUT2D eigenvalue weighted by Crippen LogP contribution is -2.15. The van der Waals surface area contributed by atoms with E-state index in [1.807, 2.05) is 35.0 Å². The van der Waals surface area contributed by atoms with Gasteiger partial charge in [-0.3, -0.25) is 14.9 Å². The van der Waals surface area contributed by atoms with Gasteiger partial charge in [-0.15, -0.1) is 5.10 Å². The Kier molecular flexibility index (Phi) is 5.30. The van der Waals surface area contributed by atoms with Gasteiger partial charge in [0.2, 0.25) is 11.1 Å². The summed E-state index contributed by atoms with van der Waals surface area (Å²) in [5.74, 6) is 1.19. The Morgan fingerprint density at radius 1 is 1.28 bits per heavy atom. The van der Waals surface area contributed by atoms with Crippen molar-refractivity contribution in [2.75, 3.05) is 11.1 Å². The number of non-ortho nitro benzene ring substituents is 1. The van der Waals surface area contributed by atoms with E-state index in [9.17, 15) is 14.9 Å². The summed E-state index contributed by atoms with van der Waals surface area (Å²) in [7, 11) is 0. The van der Waals surface area contributed by atoms with Crippen molar-refractivity contribution < 1.29 is 9.72 Å². The quantitative estimate of drug-likeness (QED) is 0.358. The highest BCUT2D eigenvalue weighted by Crippen LogP contribution is 2.40. The molecule has 1 heterocycles. The largest absolute Gasteiger partial charge is 0.325 e. The van der Waals surface area contributed by atoms with Crippen LogP contribution in [0.25, 0.3) is 5.69 Å². The van der Waals surface area contributed by atoms with Crippen LogP contribution in [0.15, 0.2) is 53.7 Å². The highest BCUT2D eigenvalue weighted by Gasteiger charge is 2.30. The second-order valence-electron chi connectivity index (χ2n) is 6.87. The SMILES string of the molecule is Cc1ccc([N+](=O)[O-])cc1NC(=O)CSc1nc(C2CC2)n(-c2ccccc2)n1. The average molecular weight is 409 g/mol. The normalized spacial score (nSPS) is 13.3. The fourth-order valence-corrected chi connectivity index (χ4v) is 3.54. The average Bonchev–Trinajstić information content (AvgIpc) is 3.48. The molecule has 1 saturated carbocycles. The number of rotatable bonds is 7. The van der Waals surface area contributed by atoms with Gasteiger partial charge in [-0.05, 0) is 37.5 Å². The van der Waals surface area contributed by atoms with Crippen LogP contribution in [-0.4, -0.2) is 31.3 Å². The molecule has 1 fully saturated rings. The maximum atomic E-state index is 12.4. The lowest BCUT2D eigenvalue weighted by Gasteiger charge is -2.07. The minimum absolute atomic E-state index is 0.0594. The number of carbonyl (C=O) groups excluding carboxylic acids is 1. The van der Waals surface area contributed by atoms with Gasteiger partial charge >= 0.3 is 0 Å². The van der Waals surface area contributed by atoms with Gasteiger partial charge in [-0.1, -0.05) is 36.0 Å². The Hall–Kier alpha value is -3.20. The van der Waals surface area contributed by atoms with E-state index in [0.29, 0.717) is 16.8 Å². The molecule has 0 unspecified atom stereocenters. The van der Waals surface area contributed by atoms with Gasteiger partial charge in [0, 0.05) is 18.1 Å². The molecule has 1 aliphatic rings. The Labute approximate surface area is 171 Å². The van der Waals surface area contributed by atoms with Crippen LogP contribution in [0.1, 0.15) is 30.1 Å². The van der Waals surface area contributed by atoms with Crippen LogP contribution in [0.5, 0.6) is 0 Å². The smallest absolute Gasteiger partial charge is 0.271 e. The summed E-state index contributed by atoms with van der Waals surface area (Å²) in [5, 5.41) is 18.8. The number of nitrogens with one attached hydrogen (secondary N) is 1. The zero-order chi connectivity index (χ0) is 20.4. The third-order valence-electron chi connectivity index (χ3n) is 4.59. The number of nitro groups is 1. The van der Waals surface area contributed by atoms with E-state index in [2.05, 4.69) is 15.4 Å². The molecule has 0 atom stereocenters. The molecule has 1 aromatic heterocycles. The van der Waals surface area contributed by atoms with E-state index in [4.69, 9.17) is 0 Å². The molecule has 0 aliphatic heterocycles. The molecule has 4 rings (SSSR count). The van der Waals surface area contributed by atoms with Crippen molar-refractivity contribution in [3.8, 4) is 5.69 Å². The Morgan fingerprint density at radius 2 is 2.03 bits per heavy atom. The molecule has 148 valence electrons. The number of nitro benzene ring substituents is 1. The van der Waals surface area contributed by atoms with Gasteiger partial charge in [0.15, 0.2) is 0 Å². The summed E-state index contributed by atoms with van der Waals surface area (Å²) >= 11 is 1.25. The molecule has 0 bridgehead atoms. The predicted octanol–water partition coefficient (Wildman–Crippen LogP) is 4.09. The van der Waals surface area contributed by atoms with Gasteiger partial charge in [0.05, 0.1) is 22.1 Å². The Balaban J connectivity index is 1.45. The van der Waals surface area contributed by atoms with Gasteiger partial charge in [0.1, 0.15) is 5.82 Å². The minimum atomic E-state index is -0.483. The number of hydrogen-bond acceptors (Lipinski definition) is 6. The summed E-state index contributed by atoms with van der Waals surface area (Å²) in [6, 6.07) is 14.2. The summed E-state index contributed by atoms with van der Waals surface area (Å²) in [4.78, 5) is 27.5. The second-order valence-corrected chi connectivity index (χ2v) is 7.81. The summed E-state index contributed by atoms with van der Waals surface area (Å²) < 4.78 is 1.85. The Morgan fingerprint density at radius 3 is 2.72 bits per heavy atom. The topological polar surface area (TPSA) is 103 Å². The fourth-order valence-electron chi connectivity index (χ4n) is 2.91. The molecule has 1 N–H and O–H groups in total. The second kappa shape index (κ2) is 8.04. The third kappa shape index (κ3) is 4.45. The van der Waals surface area contributed by atoms with Crippen LogP contribution in [0.3, 0.4) is 0 Å². The lowest BCUT2D eigenvalue weighted by molar-refractivity contribution is -0.384. The zero-order valence-corrected chi connectivity index (χ0v) is 16.6. The maximum Gasteiger partial charge on any atom is 0.271 e. The highest BCUT2D eigenvalue weighted by atomic mass is 32.2. The molecule has 29 heavy (non-hydrogen) atoms. The first-order valence-corrected chi connectivity index (χ1v) is 10.2. The molecular weight excluding hydrogens is 390 g/mol.